The van der Waals surface area contributed by atoms with Gasteiger partial charge < -0.3 is 5.32 Å². The predicted octanol–water partition coefficient (Wildman–Crippen LogP) is 3.09. The minimum absolute atomic E-state index is 0.0712. The summed E-state index contributed by atoms with van der Waals surface area (Å²) in [5.74, 6) is 0.667. The summed E-state index contributed by atoms with van der Waals surface area (Å²) in [6.45, 7) is 2.84. The van der Waals surface area contributed by atoms with Gasteiger partial charge in [-0.1, -0.05) is 23.7 Å². The zero-order chi connectivity index (χ0) is 22.2. The summed E-state index contributed by atoms with van der Waals surface area (Å²) in [5, 5.41) is 4.63. The van der Waals surface area contributed by atoms with E-state index >= 15 is 0 Å². The number of nitrogens with one attached hydrogen (secondary N) is 1. The van der Waals surface area contributed by atoms with Crippen LogP contribution in [-0.4, -0.2) is 41.4 Å². The minimum atomic E-state index is -3.53. The van der Waals surface area contributed by atoms with Crippen LogP contribution in [0.5, 0.6) is 0 Å². The Morgan fingerprint density at radius 1 is 1.10 bits per heavy atom. The van der Waals surface area contributed by atoms with Crippen LogP contribution in [0.25, 0.3) is 10.9 Å². The molecule has 31 heavy (non-hydrogen) atoms. The van der Waals surface area contributed by atoms with Gasteiger partial charge in [-0.15, -0.1) is 0 Å². The SMILES string of the molecule is CC(NC1CCN(S(=O)(=O)c2ccc(Cl)cc2)CC1)c1nc2ccccc2c(=O)n1C. The summed E-state index contributed by atoms with van der Waals surface area (Å²) >= 11 is 5.88. The zero-order valence-electron chi connectivity index (χ0n) is 17.5. The quantitative estimate of drug-likeness (QED) is 0.632. The maximum absolute atomic E-state index is 12.9. The largest absolute Gasteiger partial charge is 0.305 e. The second-order valence-corrected chi connectivity index (χ2v) is 10.2. The fraction of sp³-hybridized carbons (Fsp3) is 0.364. The number of hydrogen-bond donors (Lipinski definition) is 1. The Morgan fingerprint density at radius 3 is 2.42 bits per heavy atom. The molecule has 1 saturated heterocycles. The second kappa shape index (κ2) is 8.70. The summed E-state index contributed by atoms with van der Waals surface area (Å²) in [5.41, 5.74) is 0.608. The second-order valence-electron chi connectivity index (χ2n) is 7.87. The predicted molar refractivity (Wildman–Crippen MR) is 122 cm³/mol. The highest BCUT2D eigenvalue weighted by molar-refractivity contribution is 7.89. The summed E-state index contributed by atoms with van der Waals surface area (Å²) in [7, 11) is -1.80. The van der Waals surface area contributed by atoms with E-state index in [2.05, 4.69) is 10.3 Å². The van der Waals surface area contributed by atoms with Crippen LogP contribution in [0.4, 0.5) is 0 Å². The molecule has 9 heteroatoms. The zero-order valence-corrected chi connectivity index (χ0v) is 19.0. The molecule has 1 aliphatic heterocycles. The first kappa shape index (κ1) is 22.0. The number of nitrogens with zero attached hydrogens (tertiary/aromatic N) is 3. The third-order valence-electron chi connectivity index (χ3n) is 5.80. The number of para-hydroxylation sites is 1. The first-order valence-electron chi connectivity index (χ1n) is 10.2. The lowest BCUT2D eigenvalue weighted by atomic mass is 10.1. The summed E-state index contributed by atoms with van der Waals surface area (Å²) in [4.78, 5) is 17.6. The number of rotatable bonds is 5. The highest BCUT2D eigenvalue weighted by Gasteiger charge is 2.30. The molecule has 1 fully saturated rings. The molecular weight excluding hydrogens is 436 g/mol. The molecular formula is C22H25ClN4O3S. The van der Waals surface area contributed by atoms with E-state index in [0.29, 0.717) is 47.7 Å². The van der Waals surface area contributed by atoms with Crippen molar-refractivity contribution in [3.8, 4) is 0 Å². The van der Waals surface area contributed by atoms with Gasteiger partial charge in [-0.3, -0.25) is 9.36 Å². The normalized spacial score (nSPS) is 17.1. The van der Waals surface area contributed by atoms with Gasteiger partial charge in [0.1, 0.15) is 5.82 Å². The van der Waals surface area contributed by atoms with Crippen LogP contribution < -0.4 is 10.9 Å². The van der Waals surface area contributed by atoms with Crippen molar-refractivity contribution in [1.29, 1.82) is 0 Å². The molecule has 0 bridgehead atoms. The molecule has 0 spiro atoms. The van der Waals surface area contributed by atoms with E-state index < -0.39 is 10.0 Å². The van der Waals surface area contributed by atoms with E-state index in [1.807, 2.05) is 25.1 Å². The summed E-state index contributed by atoms with van der Waals surface area (Å²) in [6, 6.07) is 13.6. The fourth-order valence-corrected chi connectivity index (χ4v) is 5.66. The van der Waals surface area contributed by atoms with Crippen LogP contribution >= 0.6 is 11.6 Å². The monoisotopic (exact) mass is 460 g/mol. The standard InChI is InChI=1S/C22H25ClN4O3S/c1-15(21-25-20-6-4-3-5-19(20)22(28)26(21)2)24-17-11-13-27(14-12-17)31(29,30)18-9-7-16(23)8-10-18/h3-10,15,17,24H,11-14H2,1-2H3. The van der Waals surface area contributed by atoms with Crippen molar-refractivity contribution >= 4 is 32.5 Å². The molecule has 2 heterocycles. The Hall–Kier alpha value is -2.26. The number of hydrogen-bond acceptors (Lipinski definition) is 5. The Balaban J connectivity index is 1.44. The molecule has 1 atom stereocenters. The van der Waals surface area contributed by atoms with Crippen LogP contribution in [0.3, 0.4) is 0 Å². The van der Waals surface area contributed by atoms with E-state index in [0.717, 1.165) is 0 Å². The smallest absolute Gasteiger partial charge is 0.261 e. The number of halogens is 1. The Bertz CT molecular complexity index is 1250. The van der Waals surface area contributed by atoms with Gasteiger partial charge in [-0.25, -0.2) is 13.4 Å². The molecule has 3 aromatic rings. The molecule has 0 amide bonds. The lowest BCUT2D eigenvalue weighted by Gasteiger charge is -2.33. The first-order chi connectivity index (χ1) is 14.8. The van der Waals surface area contributed by atoms with Gasteiger partial charge in [0, 0.05) is 31.2 Å². The van der Waals surface area contributed by atoms with Crippen molar-refractivity contribution < 1.29 is 8.42 Å². The molecule has 1 aromatic heterocycles. The molecule has 1 aliphatic rings. The molecule has 7 nitrogen and oxygen atoms in total. The molecule has 4 rings (SSSR count). The van der Waals surface area contributed by atoms with Crippen LogP contribution in [0.2, 0.25) is 5.02 Å². The van der Waals surface area contributed by atoms with Gasteiger partial charge in [-0.2, -0.15) is 4.31 Å². The number of fused-ring (bicyclic) bond motifs is 1. The lowest BCUT2D eigenvalue weighted by molar-refractivity contribution is 0.273. The van der Waals surface area contributed by atoms with E-state index in [9.17, 15) is 13.2 Å². The Labute approximate surface area is 186 Å². The maximum Gasteiger partial charge on any atom is 0.261 e. The van der Waals surface area contributed by atoms with Crippen LogP contribution in [-0.2, 0) is 17.1 Å². The van der Waals surface area contributed by atoms with Crippen LogP contribution in [0, 0.1) is 0 Å². The minimum Gasteiger partial charge on any atom is -0.305 e. The third-order valence-corrected chi connectivity index (χ3v) is 7.96. The van der Waals surface area contributed by atoms with E-state index in [1.165, 1.54) is 16.4 Å². The van der Waals surface area contributed by atoms with Gasteiger partial charge in [0.25, 0.3) is 5.56 Å². The van der Waals surface area contributed by atoms with Crippen molar-refractivity contribution in [1.82, 2.24) is 19.2 Å². The average Bonchev–Trinajstić information content (AvgIpc) is 2.77. The van der Waals surface area contributed by atoms with E-state index in [1.54, 1.807) is 29.8 Å². The van der Waals surface area contributed by atoms with E-state index in [-0.39, 0.29) is 22.5 Å². The molecule has 2 aromatic carbocycles. The first-order valence-corrected chi connectivity index (χ1v) is 12.1. The molecule has 0 saturated carbocycles. The molecule has 1 N–H and O–H groups in total. The number of benzene rings is 2. The van der Waals surface area contributed by atoms with Gasteiger partial charge in [-0.05, 0) is 56.2 Å². The number of piperidine rings is 1. The van der Waals surface area contributed by atoms with E-state index in [4.69, 9.17) is 11.6 Å². The molecule has 1 unspecified atom stereocenters. The number of aromatic nitrogens is 2. The topological polar surface area (TPSA) is 84.3 Å². The Morgan fingerprint density at radius 2 is 1.74 bits per heavy atom. The number of sulfonamides is 1. The molecule has 0 aliphatic carbocycles. The highest BCUT2D eigenvalue weighted by atomic mass is 35.5. The van der Waals surface area contributed by atoms with Crippen LogP contribution in [0.1, 0.15) is 31.6 Å². The van der Waals surface area contributed by atoms with Crippen molar-refractivity contribution in [2.24, 2.45) is 7.05 Å². The maximum atomic E-state index is 12.9. The van der Waals surface area contributed by atoms with Crippen molar-refractivity contribution in [2.45, 2.75) is 36.7 Å². The average molecular weight is 461 g/mol. The van der Waals surface area contributed by atoms with Gasteiger partial charge >= 0.3 is 0 Å². The van der Waals surface area contributed by atoms with Crippen molar-refractivity contribution in [2.75, 3.05) is 13.1 Å². The van der Waals surface area contributed by atoms with Crippen molar-refractivity contribution in [3.63, 3.8) is 0 Å². The summed E-state index contributed by atoms with van der Waals surface area (Å²) < 4.78 is 28.8. The highest BCUT2D eigenvalue weighted by Crippen LogP contribution is 2.23. The van der Waals surface area contributed by atoms with Gasteiger partial charge in [0.15, 0.2) is 0 Å². The molecule has 164 valence electrons. The summed E-state index contributed by atoms with van der Waals surface area (Å²) in [6.07, 6.45) is 1.36. The fourth-order valence-electron chi connectivity index (χ4n) is 4.07. The van der Waals surface area contributed by atoms with Crippen molar-refractivity contribution in [3.05, 3.63) is 69.7 Å². The molecule has 0 radical (unpaired) electrons. The van der Waals surface area contributed by atoms with Gasteiger partial charge in [0.05, 0.1) is 21.8 Å². The lowest BCUT2D eigenvalue weighted by Crippen LogP contribution is -2.46. The Kier molecular flexibility index (Phi) is 6.16. The third kappa shape index (κ3) is 4.39. The van der Waals surface area contributed by atoms with Crippen LogP contribution in [0.15, 0.2) is 58.2 Å². The van der Waals surface area contributed by atoms with Gasteiger partial charge in [0.2, 0.25) is 10.0 Å².